The number of benzene rings is 2. The molecule has 0 aliphatic rings. The molecule has 8 heteroatoms. The molecule has 2 aromatic carbocycles. The number of nitrogens with one attached hydrogen (secondary N) is 2. The van der Waals surface area contributed by atoms with Crippen LogP contribution < -0.4 is 10.6 Å². The molecule has 0 saturated carbocycles. The van der Waals surface area contributed by atoms with Crippen LogP contribution in [0.1, 0.15) is 26.4 Å². The molecule has 0 bridgehead atoms. The molecule has 3 rings (SSSR count). The molecule has 0 atom stereocenters. The molecular formula is C19H16BrFN4O2. The second-order valence-corrected chi connectivity index (χ2v) is 6.63. The highest BCUT2D eigenvalue weighted by molar-refractivity contribution is 9.10. The summed E-state index contributed by atoms with van der Waals surface area (Å²) in [7, 11) is 1.53. The van der Waals surface area contributed by atoms with Gasteiger partial charge in [0, 0.05) is 13.2 Å². The fourth-order valence-electron chi connectivity index (χ4n) is 2.61. The average Bonchev–Trinajstić information content (AvgIpc) is 3.03. The predicted octanol–water partition coefficient (Wildman–Crippen LogP) is 3.69. The number of rotatable bonds is 4. The lowest BCUT2D eigenvalue weighted by Crippen LogP contribution is -2.23. The standard InChI is InChI=1S/C19H16BrFN4O2/c1-11-4-3-5-15(16(11)18(26)22-2)23-19(27)17-14(20)10-25(24-17)13-8-6-12(21)7-9-13/h3-10H,1-2H3,(H,22,26)(H,23,27). The summed E-state index contributed by atoms with van der Waals surface area (Å²) < 4.78 is 15.0. The van der Waals surface area contributed by atoms with Crippen LogP contribution in [-0.2, 0) is 0 Å². The first kappa shape index (κ1) is 18.8. The number of anilines is 1. The van der Waals surface area contributed by atoms with Gasteiger partial charge in [0.05, 0.1) is 21.4 Å². The molecule has 1 aromatic heterocycles. The first-order valence-corrected chi connectivity index (χ1v) is 8.84. The van der Waals surface area contributed by atoms with Crippen LogP contribution >= 0.6 is 15.9 Å². The number of hydrogen-bond acceptors (Lipinski definition) is 3. The van der Waals surface area contributed by atoms with Gasteiger partial charge in [0.1, 0.15) is 5.82 Å². The number of carbonyl (C=O) groups excluding carboxylic acids is 2. The number of aromatic nitrogens is 2. The van der Waals surface area contributed by atoms with Crippen molar-refractivity contribution in [3.8, 4) is 5.69 Å². The summed E-state index contributed by atoms with van der Waals surface area (Å²) >= 11 is 3.32. The molecule has 0 aliphatic carbocycles. The zero-order valence-electron chi connectivity index (χ0n) is 14.6. The topological polar surface area (TPSA) is 76.0 Å². The van der Waals surface area contributed by atoms with Gasteiger partial charge in [-0.25, -0.2) is 9.07 Å². The zero-order valence-corrected chi connectivity index (χ0v) is 16.2. The van der Waals surface area contributed by atoms with Gasteiger partial charge in [0.25, 0.3) is 11.8 Å². The number of carbonyl (C=O) groups is 2. The molecule has 27 heavy (non-hydrogen) atoms. The maximum absolute atomic E-state index is 13.1. The lowest BCUT2D eigenvalue weighted by molar-refractivity contribution is 0.0963. The van der Waals surface area contributed by atoms with E-state index in [1.54, 1.807) is 43.5 Å². The molecule has 0 spiro atoms. The molecule has 2 N–H and O–H groups in total. The summed E-state index contributed by atoms with van der Waals surface area (Å²) in [5, 5.41) is 9.56. The minimum atomic E-state index is -0.474. The Balaban J connectivity index is 1.91. The maximum atomic E-state index is 13.1. The SMILES string of the molecule is CNC(=O)c1c(C)cccc1NC(=O)c1nn(-c2ccc(F)cc2)cc1Br. The van der Waals surface area contributed by atoms with E-state index in [2.05, 4.69) is 31.7 Å². The Morgan fingerprint density at radius 1 is 1.11 bits per heavy atom. The summed E-state index contributed by atoms with van der Waals surface area (Å²) in [4.78, 5) is 24.8. The van der Waals surface area contributed by atoms with Gasteiger partial charge in [0.15, 0.2) is 5.69 Å². The predicted molar refractivity (Wildman–Crippen MR) is 104 cm³/mol. The number of aryl methyl sites for hydroxylation is 1. The van der Waals surface area contributed by atoms with E-state index in [9.17, 15) is 14.0 Å². The van der Waals surface area contributed by atoms with Crippen molar-refractivity contribution in [3.05, 3.63) is 75.8 Å². The van der Waals surface area contributed by atoms with Crippen molar-refractivity contribution in [2.24, 2.45) is 0 Å². The van der Waals surface area contributed by atoms with E-state index in [0.717, 1.165) is 5.56 Å². The second-order valence-electron chi connectivity index (χ2n) is 5.78. The van der Waals surface area contributed by atoms with Crippen molar-refractivity contribution < 1.29 is 14.0 Å². The molecule has 2 amide bonds. The third kappa shape index (κ3) is 3.90. The highest BCUT2D eigenvalue weighted by Crippen LogP contribution is 2.23. The van der Waals surface area contributed by atoms with Gasteiger partial charge in [-0.2, -0.15) is 5.10 Å². The molecule has 3 aromatic rings. The third-order valence-corrected chi connectivity index (χ3v) is 4.53. The van der Waals surface area contributed by atoms with Gasteiger partial charge in [0.2, 0.25) is 0 Å². The van der Waals surface area contributed by atoms with E-state index in [4.69, 9.17) is 0 Å². The smallest absolute Gasteiger partial charge is 0.277 e. The minimum Gasteiger partial charge on any atom is -0.355 e. The van der Waals surface area contributed by atoms with Crippen LogP contribution in [0.3, 0.4) is 0 Å². The summed E-state index contributed by atoms with van der Waals surface area (Å²) in [5.74, 6) is -1.12. The fourth-order valence-corrected chi connectivity index (χ4v) is 3.07. The Morgan fingerprint density at radius 2 is 1.81 bits per heavy atom. The van der Waals surface area contributed by atoms with Gasteiger partial charge in [-0.05, 0) is 58.7 Å². The molecule has 0 saturated heterocycles. The first-order chi connectivity index (χ1) is 12.9. The van der Waals surface area contributed by atoms with E-state index < -0.39 is 5.91 Å². The second kappa shape index (κ2) is 7.71. The lowest BCUT2D eigenvalue weighted by atomic mass is 10.1. The van der Waals surface area contributed by atoms with Gasteiger partial charge in [-0.3, -0.25) is 9.59 Å². The van der Waals surface area contributed by atoms with Crippen LogP contribution in [0.5, 0.6) is 0 Å². The molecule has 138 valence electrons. The third-order valence-electron chi connectivity index (χ3n) is 3.95. The quantitative estimate of drug-likeness (QED) is 0.662. The number of halogens is 2. The zero-order chi connectivity index (χ0) is 19.6. The van der Waals surface area contributed by atoms with E-state index in [-0.39, 0.29) is 17.4 Å². The van der Waals surface area contributed by atoms with Crippen LogP contribution in [0.25, 0.3) is 5.69 Å². The van der Waals surface area contributed by atoms with Crippen LogP contribution in [0, 0.1) is 12.7 Å². The highest BCUT2D eigenvalue weighted by Gasteiger charge is 2.20. The monoisotopic (exact) mass is 430 g/mol. The molecule has 0 fully saturated rings. The van der Waals surface area contributed by atoms with E-state index in [1.165, 1.54) is 23.9 Å². The Morgan fingerprint density at radius 3 is 2.48 bits per heavy atom. The fraction of sp³-hybridized carbons (Fsp3) is 0.105. The number of amides is 2. The Bertz CT molecular complexity index is 1020. The average molecular weight is 431 g/mol. The van der Waals surface area contributed by atoms with Gasteiger partial charge in [-0.1, -0.05) is 12.1 Å². The highest BCUT2D eigenvalue weighted by atomic mass is 79.9. The van der Waals surface area contributed by atoms with Crippen LogP contribution in [0.4, 0.5) is 10.1 Å². The number of hydrogen-bond donors (Lipinski definition) is 2. The van der Waals surface area contributed by atoms with Crippen molar-refractivity contribution in [3.63, 3.8) is 0 Å². The van der Waals surface area contributed by atoms with Crippen molar-refractivity contribution in [2.45, 2.75) is 6.92 Å². The molecule has 6 nitrogen and oxygen atoms in total. The minimum absolute atomic E-state index is 0.142. The maximum Gasteiger partial charge on any atom is 0.277 e. The molecule has 0 aliphatic heterocycles. The molecular weight excluding hydrogens is 415 g/mol. The molecule has 0 radical (unpaired) electrons. The van der Waals surface area contributed by atoms with E-state index in [0.29, 0.717) is 21.4 Å². The Labute approximate surface area is 163 Å². The van der Waals surface area contributed by atoms with Crippen molar-refractivity contribution in [1.29, 1.82) is 0 Å². The van der Waals surface area contributed by atoms with Gasteiger partial charge in [-0.15, -0.1) is 0 Å². The van der Waals surface area contributed by atoms with Crippen LogP contribution in [0.2, 0.25) is 0 Å². The Kier molecular flexibility index (Phi) is 5.36. The lowest BCUT2D eigenvalue weighted by Gasteiger charge is -2.12. The largest absolute Gasteiger partial charge is 0.355 e. The molecule has 1 heterocycles. The van der Waals surface area contributed by atoms with Crippen molar-refractivity contribution >= 4 is 33.4 Å². The number of nitrogens with zero attached hydrogens (tertiary/aromatic N) is 2. The normalized spacial score (nSPS) is 10.5. The van der Waals surface area contributed by atoms with E-state index >= 15 is 0 Å². The van der Waals surface area contributed by atoms with E-state index in [1.807, 2.05) is 0 Å². The summed E-state index contributed by atoms with van der Waals surface area (Å²) in [6, 6.07) is 10.9. The van der Waals surface area contributed by atoms with Crippen molar-refractivity contribution in [2.75, 3.05) is 12.4 Å². The van der Waals surface area contributed by atoms with Crippen LogP contribution in [0.15, 0.2) is 53.1 Å². The summed E-state index contributed by atoms with van der Waals surface area (Å²) in [6.07, 6.45) is 1.61. The van der Waals surface area contributed by atoms with Crippen LogP contribution in [-0.4, -0.2) is 28.6 Å². The van der Waals surface area contributed by atoms with Crippen molar-refractivity contribution in [1.82, 2.24) is 15.1 Å². The summed E-state index contributed by atoms with van der Waals surface area (Å²) in [5.41, 5.74) is 2.27. The summed E-state index contributed by atoms with van der Waals surface area (Å²) in [6.45, 7) is 1.79. The van der Waals surface area contributed by atoms with Gasteiger partial charge >= 0.3 is 0 Å². The molecule has 0 unspecified atom stereocenters. The Hall–Kier alpha value is -3.00. The first-order valence-electron chi connectivity index (χ1n) is 8.05. The van der Waals surface area contributed by atoms with Gasteiger partial charge < -0.3 is 10.6 Å².